The lowest BCUT2D eigenvalue weighted by molar-refractivity contribution is 0.0696. The number of hydrogen-bond acceptors (Lipinski definition) is 2. The number of nitrogens with zero attached hydrogens (tertiary/aromatic N) is 1. The molecule has 11 heavy (non-hydrogen) atoms. The van der Waals surface area contributed by atoms with Crippen molar-refractivity contribution in [2.45, 2.75) is 0 Å². The van der Waals surface area contributed by atoms with E-state index in [9.17, 15) is 4.79 Å². The summed E-state index contributed by atoms with van der Waals surface area (Å²) >= 11 is 3.05. The fraction of sp³-hybridized carbons (Fsp3) is 0. The SMILES string of the molecule is Cl.O=C(O)c1ccncc1Br. The number of aromatic carboxylic acids is 1. The fourth-order valence-corrected chi connectivity index (χ4v) is 0.969. The predicted molar refractivity (Wildman–Crippen MR) is 46.1 cm³/mol. The van der Waals surface area contributed by atoms with E-state index < -0.39 is 5.97 Å². The smallest absolute Gasteiger partial charge is 0.336 e. The van der Waals surface area contributed by atoms with Crippen molar-refractivity contribution in [2.24, 2.45) is 0 Å². The minimum atomic E-state index is -0.950. The van der Waals surface area contributed by atoms with Gasteiger partial charge in [-0.05, 0) is 22.0 Å². The Kier molecular flexibility index (Phi) is 4.07. The monoisotopic (exact) mass is 237 g/mol. The largest absolute Gasteiger partial charge is 0.478 e. The molecule has 0 spiro atoms. The van der Waals surface area contributed by atoms with Crippen LogP contribution in [0.15, 0.2) is 22.9 Å². The molecule has 0 aromatic carbocycles. The Morgan fingerprint density at radius 2 is 2.27 bits per heavy atom. The molecule has 1 heterocycles. The lowest BCUT2D eigenvalue weighted by Crippen LogP contribution is -1.96. The van der Waals surface area contributed by atoms with Crippen molar-refractivity contribution in [3.63, 3.8) is 0 Å². The van der Waals surface area contributed by atoms with Gasteiger partial charge in [-0.1, -0.05) is 0 Å². The van der Waals surface area contributed by atoms with Gasteiger partial charge in [0.05, 0.1) is 10.0 Å². The van der Waals surface area contributed by atoms with E-state index in [0.29, 0.717) is 4.47 Å². The Balaban J connectivity index is 0.000001000. The molecule has 0 fully saturated rings. The third-order valence-electron chi connectivity index (χ3n) is 1.00. The Morgan fingerprint density at radius 3 is 2.64 bits per heavy atom. The number of carbonyl (C=O) groups is 1. The first kappa shape index (κ1) is 10.4. The Bertz CT molecular complexity index is 267. The lowest BCUT2D eigenvalue weighted by atomic mass is 10.3. The molecule has 0 radical (unpaired) electrons. The highest BCUT2D eigenvalue weighted by Gasteiger charge is 2.05. The van der Waals surface area contributed by atoms with Crippen LogP contribution in [-0.2, 0) is 0 Å². The average molecular weight is 238 g/mol. The van der Waals surface area contributed by atoms with Crippen molar-refractivity contribution in [3.8, 4) is 0 Å². The minimum absolute atomic E-state index is 0. The van der Waals surface area contributed by atoms with Crippen molar-refractivity contribution in [1.82, 2.24) is 4.98 Å². The van der Waals surface area contributed by atoms with Gasteiger partial charge >= 0.3 is 5.97 Å². The van der Waals surface area contributed by atoms with E-state index in [1.54, 1.807) is 0 Å². The van der Waals surface area contributed by atoms with Crippen molar-refractivity contribution in [1.29, 1.82) is 0 Å². The summed E-state index contributed by atoms with van der Waals surface area (Å²) in [6.07, 6.45) is 2.89. The van der Waals surface area contributed by atoms with Gasteiger partial charge in [-0.3, -0.25) is 4.98 Å². The molecule has 1 aromatic rings. The Morgan fingerprint density at radius 1 is 1.64 bits per heavy atom. The summed E-state index contributed by atoms with van der Waals surface area (Å²) in [5, 5.41) is 8.51. The molecule has 0 amide bonds. The first-order chi connectivity index (χ1) is 4.72. The van der Waals surface area contributed by atoms with Crippen LogP contribution in [0.2, 0.25) is 0 Å². The van der Waals surface area contributed by atoms with Crippen LogP contribution in [0.5, 0.6) is 0 Å². The third-order valence-corrected chi connectivity index (χ3v) is 1.63. The molecule has 5 heteroatoms. The molecule has 0 unspecified atom stereocenters. The molecule has 0 saturated carbocycles. The summed E-state index contributed by atoms with van der Waals surface area (Å²) in [7, 11) is 0. The van der Waals surface area contributed by atoms with E-state index in [1.807, 2.05) is 0 Å². The molecule has 0 aliphatic rings. The summed E-state index contributed by atoms with van der Waals surface area (Å²) < 4.78 is 0.502. The summed E-state index contributed by atoms with van der Waals surface area (Å²) in [5.74, 6) is -0.950. The van der Waals surface area contributed by atoms with Crippen LogP contribution >= 0.6 is 28.3 Å². The van der Waals surface area contributed by atoms with Crippen LogP contribution in [0.1, 0.15) is 10.4 Å². The topological polar surface area (TPSA) is 50.2 Å². The second-order valence-corrected chi connectivity index (χ2v) is 2.52. The van der Waals surface area contributed by atoms with Crippen LogP contribution < -0.4 is 0 Å². The van der Waals surface area contributed by atoms with E-state index in [0.717, 1.165) is 0 Å². The molecular formula is C6H5BrClNO2. The van der Waals surface area contributed by atoms with Gasteiger partial charge in [-0.2, -0.15) is 0 Å². The molecular weight excluding hydrogens is 233 g/mol. The average Bonchev–Trinajstić information content (AvgIpc) is 1.88. The van der Waals surface area contributed by atoms with Crippen LogP contribution in [0.3, 0.4) is 0 Å². The summed E-state index contributed by atoms with van der Waals surface area (Å²) in [6.45, 7) is 0. The number of halogens is 2. The van der Waals surface area contributed by atoms with Gasteiger partial charge in [0.1, 0.15) is 0 Å². The third kappa shape index (κ3) is 2.48. The number of hydrogen-bond donors (Lipinski definition) is 1. The maximum atomic E-state index is 10.4. The van der Waals surface area contributed by atoms with E-state index in [4.69, 9.17) is 5.11 Å². The normalized spacial score (nSPS) is 8.45. The zero-order valence-corrected chi connectivity index (χ0v) is 7.72. The zero-order chi connectivity index (χ0) is 7.56. The second-order valence-electron chi connectivity index (χ2n) is 1.66. The summed E-state index contributed by atoms with van der Waals surface area (Å²) in [5.41, 5.74) is 0.231. The lowest BCUT2D eigenvalue weighted by Gasteiger charge is -1.93. The molecule has 0 aliphatic carbocycles. The molecule has 0 atom stereocenters. The number of aromatic nitrogens is 1. The molecule has 0 bridgehead atoms. The molecule has 0 aliphatic heterocycles. The first-order valence-corrected chi connectivity index (χ1v) is 3.34. The quantitative estimate of drug-likeness (QED) is 0.814. The standard InChI is InChI=1S/C6H4BrNO2.ClH/c7-5-3-8-2-1-4(5)6(9)10;/h1-3H,(H,9,10);1H. The van der Waals surface area contributed by atoms with Crippen molar-refractivity contribution in [3.05, 3.63) is 28.5 Å². The van der Waals surface area contributed by atoms with Crippen molar-refractivity contribution < 1.29 is 9.90 Å². The molecule has 3 nitrogen and oxygen atoms in total. The first-order valence-electron chi connectivity index (χ1n) is 2.54. The van der Waals surface area contributed by atoms with Gasteiger partial charge in [0, 0.05) is 12.4 Å². The van der Waals surface area contributed by atoms with Crippen LogP contribution in [0, 0.1) is 0 Å². The van der Waals surface area contributed by atoms with Crippen LogP contribution in [0.4, 0.5) is 0 Å². The van der Waals surface area contributed by atoms with Gasteiger partial charge in [0.15, 0.2) is 0 Å². The Hall–Kier alpha value is -0.610. The highest BCUT2D eigenvalue weighted by Crippen LogP contribution is 2.13. The summed E-state index contributed by atoms with van der Waals surface area (Å²) in [4.78, 5) is 14.1. The predicted octanol–water partition coefficient (Wildman–Crippen LogP) is 1.96. The number of carboxylic acid groups (broad SMARTS) is 1. The van der Waals surface area contributed by atoms with Crippen LogP contribution in [-0.4, -0.2) is 16.1 Å². The fourth-order valence-electron chi connectivity index (χ4n) is 0.549. The van der Waals surface area contributed by atoms with E-state index in [-0.39, 0.29) is 18.0 Å². The van der Waals surface area contributed by atoms with Gasteiger partial charge in [-0.25, -0.2) is 4.79 Å². The maximum Gasteiger partial charge on any atom is 0.336 e. The molecule has 1 aromatic heterocycles. The maximum absolute atomic E-state index is 10.4. The van der Waals surface area contributed by atoms with Crippen molar-refractivity contribution >= 4 is 34.3 Å². The number of rotatable bonds is 1. The van der Waals surface area contributed by atoms with Gasteiger partial charge in [0.2, 0.25) is 0 Å². The number of pyridine rings is 1. The van der Waals surface area contributed by atoms with Gasteiger partial charge in [0.25, 0.3) is 0 Å². The second kappa shape index (κ2) is 4.31. The molecule has 1 rings (SSSR count). The number of carboxylic acids is 1. The summed E-state index contributed by atoms with van der Waals surface area (Å²) in [6, 6.07) is 1.44. The van der Waals surface area contributed by atoms with Crippen LogP contribution in [0.25, 0.3) is 0 Å². The molecule has 1 N–H and O–H groups in total. The molecule has 60 valence electrons. The highest BCUT2D eigenvalue weighted by molar-refractivity contribution is 9.10. The van der Waals surface area contributed by atoms with Crippen molar-refractivity contribution in [2.75, 3.05) is 0 Å². The van der Waals surface area contributed by atoms with E-state index in [2.05, 4.69) is 20.9 Å². The van der Waals surface area contributed by atoms with Gasteiger partial charge < -0.3 is 5.11 Å². The zero-order valence-electron chi connectivity index (χ0n) is 5.32. The van der Waals surface area contributed by atoms with E-state index >= 15 is 0 Å². The minimum Gasteiger partial charge on any atom is -0.478 e. The molecule has 0 saturated heterocycles. The Labute approximate surface area is 78.0 Å². The van der Waals surface area contributed by atoms with E-state index in [1.165, 1.54) is 18.5 Å². The highest BCUT2D eigenvalue weighted by atomic mass is 79.9. The van der Waals surface area contributed by atoms with Gasteiger partial charge in [-0.15, -0.1) is 12.4 Å².